The maximum Gasteiger partial charge on any atom is 0.121 e. The van der Waals surface area contributed by atoms with Gasteiger partial charge in [0.05, 0.1) is 17.6 Å². The van der Waals surface area contributed by atoms with Gasteiger partial charge in [-0.05, 0) is 24.3 Å². The number of alkyl halides is 1. The first-order valence-corrected chi connectivity index (χ1v) is 8.20. The second-order valence-electron chi connectivity index (χ2n) is 5.77. The number of H-pyrrole nitrogens is 1. The number of piperazine rings is 1. The summed E-state index contributed by atoms with van der Waals surface area (Å²) in [5.41, 5.74) is 3.18. The summed E-state index contributed by atoms with van der Waals surface area (Å²) in [5, 5.41) is 0. The topological polar surface area (TPSA) is 48.1 Å². The summed E-state index contributed by atoms with van der Waals surface area (Å²) in [6.45, 7) is 3.46. The van der Waals surface area contributed by atoms with Crippen molar-refractivity contribution < 1.29 is 0 Å². The molecule has 1 aliphatic rings. The second kappa shape index (κ2) is 6.18. The van der Waals surface area contributed by atoms with E-state index in [0.717, 1.165) is 48.7 Å². The van der Waals surface area contributed by atoms with Crippen molar-refractivity contribution in [1.82, 2.24) is 19.9 Å². The zero-order chi connectivity index (χ0) is 15.6. The highest BCUT2D eigenvalue weighted by Gasteiger charge is 2.26. The van der Waals surface area contributed by atoms with Crippen LogP contribution in [-0.4, -0.2) is 45.0 Å². The highest BCUT2D eigenvalue weighted by molar-refractivity contribution is 6.22. The highest BCUT2D eigenvalue weighted by atomic mass is 35.5. The summed E-state index contributed by atoms with van der Waals surface area (Å²) in [4.78, 5) is 16.7. The lowest BCUT2D eigenvalue weighted by Crippen LogP contribution is -2.50. The van der Waals surface area contributed by atoms with Crippen LogP contribution >= 0.6 is 11.6 Å². The number of aromatic nitrogens is 3. The van der Waals surface area contributed by atoms with E-state index in [1.807, 2.05) is 30.3 Å². The molecular formula is C17H18ClN5. The van der Waals surface area contributed by atoms with Gasteiger partial charge in [-0.25, -0.2) is 4.98 Å². The summed E-state index contributed by atoms with van der Waals surface area (Å²) >= 11 is 6.59. The molecule has 23 heavy (non-hydrogen) atoms. The van der Waals surface area contributed by atoms with Gasteiger partial charge < -0.3 is 9.88 Å². The Balaban J connectivity index is 1.44. The largest absolute Gasteiger partial charge is 0.353 e. The van der Waals surface area contributed by atoms with Crippen LogP contribution in [0.25, 0.3) is 11.0 Å². The molecule has 4 rings (SSSR count). The van der Waals surface area contributed by atoms with Gasteiger partial charge in [-0.3, -0.25) is 9.88 Å². The van der Waals surface area contributed by atoms with Crippen molar-refractivity contribution in [3.05, 3.63) is 54.6 Å². The van der Waals surface area contributed by atoms with Crippen LogP contribution in [-0.2, 0) is 6.54 Å². The van der Waals surface area contributed by atoms with E-state index in [2.05, 4.69) is 30.8 Å². The van der Waals surface area contributed by atoms with Gasteiger partial charge in [-0.2, -0.15) is 0 Å². The summed E-state index contributed by atoms with van der Waals surface area (Å²) in [6.07, 6.45) is 3.61. The number of aromatic amines is 1. The molecule has 5 nitrogen and oxygen atoms in total. The third kappa shape index (κ3) is 3.02. The Morgan fingerprint density at radius 1 is 1.13 bits per heavy atom. The summed E-state index contributed by atoms with van der Waals surface area (Å²) in [6, 6.07) is 12.1. The number of halogens is 1. The van der Waals surface area contributed by atoms with E-state index in [1.54, 1.807) is 12.4 Å². The number of benzene rings is 1. The van der Waals surface area contributed by atoms with E-state index >= 15 is 0 Å². The van der Waals surface area contributed by atoms with E-state index in [9.17, 15) is 0 Å². The molecule has 0 saturated carbocycles. The molecule has 1 aromatic carbocycles. The van der Waals surface area contributed by atoms with Gasteiger partial charge in [0.1, 0.15) is 11.3 Å². The third-order valence-electron chi connectivity index (χ3n) is 4.21. The first-order chi connectivity index (χ1) is 11.3. The quantitative estimate of drug-likeness (QED) is 0.593. The summed E-state index contributed by atoms with van der Waals surface area (Å²) in [7, 11) is 0. The van der Waals surface area contributed by atoms with Crippen molar-refractivity contribution in [2.24, 2.45) is 0 Å². The Morgan fingerprint density at radius 3 is 2.74 bits per heavy atom. The third-order valence-corrected chi connectivity index (χ3v) is 4.58. The number of hydrogen-bond donors (Lipinski definition) is 1. The normalized spacial score (nSPS) is 19.3. The zero-order valence-electron chi connectivity index (χ0n) is 12.7. The van der Waals surface area contributed by atoms with Crippen LogP contribution in [0.2, 0.25) is 0 Å². The number of anilines is 1. The number of pyridine rings is 1. The maximum absolute atomic E-state index is 6.59. The van der Waals surface area contributed by atoms with E-state index in [-0.39, 0.29) is 5.50 Å². The Hall–Kier alpha value is -2.11. The molecule has 1 fully saturated rings. The second-order valence-corrected chi connectivity index (χ2v) is 6.27. The number of nitrogens with one attached hydrogen (secondary N) is 1. The van der Waals surface area contributed by atoms with E-state index in [1.165, 1.54) is 0 Å². The molecule has 0 aliphatic carbocycles. The molecule has 2 aromatic heterocycles. The minimum Gasteiger partial charge on any atom is -0.353 e. The van der Waals surface area contributed by atoms with Crippen molar-refractivity contribution in [2.75, 3.05) is 24.5 Å². The van der Waals surface area contributed by atoms with Gasteiger partial charge in [-0.15, -0.1) is 0 Å². The molecule has 118 valence electrons. The molecular weight excluding hydrogens is 310 g/mol. The minimum atomic E-state index is -0.0458. The van der Waals surface area contributed by atoms with Crippen molar-refractivity contribution >= 4 is 28.3 Å². The van der Waals surface area contributed by atoms with Gasteiger partial charge >= 0.3 is 0 Å². The van der Waals surface area contributed by atoms with E-state index in [4.69, 9.17) is 11.6 Å². The highest BCUT2D eigenvalue weighted by Crippen LogP contribution is 2.23. The lowest BCUT2D eigenvalue weighted by molar-refractivity contribution is 0.234. The number of rotatable bonds is 3. The van der Waals surface area contributed by atoms with Crippen LogP contribution in [0.5, 0.6) is 0 Å². The fourth-order valence-corrected chi connectivity index (χ4v) is 3.46. The van der Waals surface area contributed by atoms with Crippen molar-refractivity contribution in [3.63, 3.8) is 0 Å². The Bertz CT molecular complexity index is 755. The van der Waals surface area contributed by atoms with Crippen LogP contribution in [0.4, 0.5) is 5.69 Å². The van der Waals surface area contributed by atoms with Gasteiger partial charge in [0, 0.05) is 37.7 Å². The molecule has 1 N–H and O–H groups in total. The monoisotopic (exact) mass is 327 g/mol. The molecule has 0 radical (unpaired) electrons. The zero-order valence-corrected chi connectivity index (χ0v) is 13.4. The average molecular weight is 328 g/mol. The molecule has 0 spiro atoms. The van der Waals surface area contributed by atoms with Gasteiger partial charge in [0.2, 0.25) is 0 Å². The Morgan fingerprint density at radius 2 is 1.96 bits per heavy atom. The Labute approximate surface area is 139 Å². The number of fused-ring (bicyclic) bond motifs is 1. The van der Waals surface area contributed by atoms with Crippen LogP contribution in [0, 0.1) is 0 Å². The van der Waals surface area contributed by atoms with Crippen LogP contribution < -0.4 is 4.90 Å². The molecule has 0 bridgehead atoms. The maximum atomic E-state index is 6.59. The number of para-hydroxylation sites is 2. The SMILES string of the molecule is ClC1CN(Cc2nc3ccccc3[nH]2)CCN1c1ccncc1. The predicted octanol–water partition coefficient (Wildman–Crippen LogP) is 2.85. The molecule has 3 aromatic rings. The van der Waals surface area contributed by atoms with Gasteiger partial charge in [-0.1, -0.05) is 23.7 Å². The first kappa shape index (κ1) is 14.5. The van der Waals surface area contributed by atoms with Crippen molar-refractivity contribution in [1.29, 1.82) is 0 Å². The molecule has 1 aliphatic heterocycles. The minimum absolute atomic E-state index is 0.0458. The Kier molecular flexibility index (Phi) is 3.89. The smallest absolute Gasteiger partial charge is 0.121 e. The first-order valence-electron chi connectivity index (χ1n) is 7.76. The summed E-state index contributed by atoms with van der Waals surface area (Å²) < 4.78 is 0. The van der Waals surface area contributed by atoms with E-state index < -0.39 is 0 Å². The van der Waals surface area contributed by atoms with Crippen molar-refractivity contribution in [3.8, 4) is 0 Å². The predicted molar refractivity (Wildman–Crippen MR) is 92.6 cm³/mol. The fraction of sp³-hybridized carbons (Fsp3) is 0.294. The lowest BCUT2D eigenvalue weighted by atomic mass is 10.2. The molecule has 3 heterocycles. The lowest BCUT2D eigenvalue weighted by Gasteiger charge is -2.39. The molecule has 1 unspecified atom stereocenters. The standard InChI is InChI=1S/C17H18ClN5/c18-16-11-22(9-10-23(16)13-5-7-19-8-6-13)12-17-20-14-3-1-2-4-15(14)21-17/h1-8,16H,9-12H2,(H,20,21). The van der Waals surface area contributed by atoms with Gasteiger partial charge in [0.15, 0.2) is 0 Å². The fourth-order valence-electron chi connectivity index (χ4n) is 3.05. The molecule has 1 saturated heterocycles. The van der Waals surface area contributed by atoms with Crippen LogP contribution in [0.1, 0.15) is 5.82 Å². The van der Waals surface area contributed by atoms with Gasteiger partial charge in [0.25, 0.3) is 0 Å². The van der Waals surface area contributed by atoms with E-state index in [0.29, 0.717) is 0 Å². The number of nitrogens with zero attached hydrogens (tertiary/aromatic N) is 4. The van der Waals surface area contributed by atoms with Crippen LogP contribution in [0.3, 0.4) is 0 Å². The van der Waals surface area contributed by atoms with Crippen LogP contribution in [0.15, 0.2) is 48.8 Å². The molecule has 6 heteroatoms. The van der Waals surface area contributed by atoms with Crippen molar-refractivity contribution in [2.45, 2.75) is 12.0 Å². The summed E-state index contributed by atoms with van der Waals surface area (Å²) in [5.74, 6) is 0.993. The average Bonchev–Trinajstić information content (AvgIpc) is 2.98. The number of hydrogen-bond acceptors (Lipinski definition) is 4. The molecule has 1 atom stereocenters. The molecule has 0 amide bonds. The number of imidazole rings is 1.